The molecule has 3 rings (SSSR count). The fourth-order valence-electron chi connectivity index (χ4n) is 2.55. The lowest BCUT2D eigenvalue weighted by Crippen LogP contribution is -2.29. The number of amides is 1. The Balaban J connectivity index is 1.95. The summed E-state index contributed by atoms with van der Waals surface area (Å²) in [5.74, 6) is 0.757. The molecule has 0 atom stereocenters. The first-order valence-corrected chi connectivity index (χ1v) is 7.18. The van der Waals surface area contributed by atoms with Gasteiger partial charge in [0.1, 0.15) is 5.82 Å². The van der Waals surface area contributed by atoms with Gasteiger partial charge >= 0.3 is 0 Å². The summed E-state index contributed by atoms with van der Waals surface area (Å²) in [6.45, 7) is 0.664. The Morgan fingerprint density at radius 1 is 1.33 bits per heavy atom. The second-order valence-corrected chi connectivity index (χ2v) is 5.65. The molecule has 0 saturated heterocycles. The van der Waals surface area contributed by atoms with Crippen LogP contribution in [0.1, 0.15) is 15.9 Å². The summed E-state index contributed by atoms with van der Waals surface area (Å²) in [4.78, 5) is 20.6. The molecule has 1 aliphatic rings. The number of carbonyl (C=O) groups excluding carboxylic acids is 1. The van der Waals surface area contributed by atoms with E-state index in [-0.39, 0.29) is 5.91 Å². The van der Waals surface area contributed by atoms with Gasteiger partial charge in [-0.15, -0.1) is 0 Å². The molecule has 0 N–H and O–H groups in total. The third-order valence-electron chi connectivity index (χ3n) is 3.67. The molecule has 0 fully saturated rings. The van der Waals surface area contributed by atoms with Crippen LogP contribution >= 0.6 is 11.6 Å². The molecule has 21 heavy (non-hydrogen) atoms. The van der Waals surface area contributed by atoms with Gasteiger partial charge in [0.2, 0.25) is 0 Å². The van der Waals surface area contributed by atoms with Gasteiger partial charge in [0.05, 0.1) is 0 Å². The van der Waals surface area contributed by atoms with Crippen LogP contribution in [0.2, 0.25) is 5.02 Å². The molecular formula is C16H16ClN3O. The number of anilines is 2. The molecule has 1 aromatic carbocycles. The lowest BCUT2D eigenvalue weighted by atomic mass is 10.1. The summed E-state index contributed by atoms with van der Waals surface area (Å²) < 4.78 is 0. The Morgan fingerprint density at radius 3 is 2.90 bits per heavy atom. The summed E-state index contributed by atoms with van der Waals surface area (Å²) in [5, 5.41) is 0.728. The summed E-state index contributed by atoms with van der Waals surface area (Å²) in [6, 6.07) is 9.25. The van der Waals surface area contributed by atoms with Crippen LogP contribution in [0.4, 0.5) is 11.5 Å². The minimum Gasteiger partial charge on any atom is -0.363 e. The van der Waals surface area contributed by atoms with Crippen LogP contribution in [0.25, 0.3) is 0 Å². The van der Waals surface area contributed by atoms with Crippen molar-refractivity contribution in [2.75, 3.05) is 30.4 Å². The topological polar surface area (TPSA) is 36.4 Å². The smallest absolute Gasteiger partial charge is 0.258 e. The number of fused-ring (bicyclic) bond motifs is 1. The molecule has 0 aliphatic carbocycles. The summed E-state index contributed by atoms with van der Waals surface area (Å²) in [6.07, 6.45) is 2.46. The van der Waals surface area contributed by atoms with E-state index in [0.717, 1.165) is 28.5 Å². The molecule has 0 radical (unpaired) electrons. The van der Waals surface area contributed by atoms with Crippen LogP contribution < -0.4 is 9.80 Å². The highest BCUT2D eigenvalue weighted by Crippen LogP contribution is 2.34. The highest BCUT2D eigenvalue weighted by Gasteiger charge is 2.27. The quantitative estimate of drug-likeness (QED) is 0.855. The van der Waals surface area contributed by atoms with E-state index < -0.39 is 0 Å². The van der Waals surface area contributed by atoms with E-state index in [2.05, 4.69) is 4.98 Å². The molecule has 1 amide bonds. The highest BCUT2D eigenvalue weighted by molar-refractivity contribution is 6.32. The Labute approximate surface area is 129 Å². The van der Waals surface area contributed by atoms with Crippen LogP contribution in [0, 0.1) is 0 Å². The molecule has 0 unspecified atom stereocenters. The first-order chi connectivity index (χ1) is 10.1. The van der Waals surface area contributed by atoms with Gasteiger partial charge in [0.25, 0.3) is 5.91 Å². The minimum absolute atomic E-state index is 0.0125. The minimum atomic E-state index is -0.0125. The molecule has 2 heterocycles. The predicted molar refractivity (Wildman–Crippen MR) is 85.4 cm³/mol. The van der Waals surface area contributed by atoms with Crippen LogP contribution in [0.3, 0.4) is 0 Å². The van der Waals surface area contributed by atoms with E-state index in [4.69, 9.17) is 11.6 Å². The van der Waals surface area contributed by atoms with Gasteiger partial charge in [-0.2, -0.15) is 0 Å². The van der Waals surface area contributed by atoms with Gasteiger partial charge in [-0.25, -0.2) is 4.98 Å². The predicted octanol–water partition coefficient (Wildman–Crippen LogP) is 3.00. The van der Waals surface area contributed by atoms with E-state index in [1.165, 1.54) is 0 Å². The van der Waals surface area contributed by atoms with Crippen LogP contribution in [-0.2, 0) is 6.42 Å². The number of nitrogens with zero attached hydrogens (tertiary/aromatic N) is 3. The Bertz CT molecular complexity index is 700. The number of hydrogen-bond donors (Lipinski definition) is 0. The maximum absolute atomic E-state index is 12.7. The normalized spacial score (nSPS) is 13.2. The van der Waals surface area contributed by atoms with Crippen molar-refractivity contribution in [1.29, 1.82) is 0 Å². The molecule has 2 aromatic rings. The van der Waals surface area contributed by atoms with Crippen molar-refractivity contribution in [3.05, 3.63) is 52.7 Å². The van der Waals surface area contributed by atoms with E-state index >= 15 is 0 Å². The second-order valence-electron chi connectivity index (χ2n) is 5.24. The van der Waals surface area contributed by atoms with Crippen molar-refractivity contribution >= 4 is 29.0 Å². The van der Waals surface area contributed by atoms with Crippen molar-refractivity contribution in [2.45, 2.75) is 6.42 Å². The number of aromatic nitrogens is 1. The zero-order valence-corrected chi connectivity index (χ0v) is 12.8. The third-order valence-corrected chi connectivity index (χ3v) is 4.02. The van der Waals surface area contributed by atoms with Gasteiger partial charge in [0, 0.05) is 43.1 Å². The van der Waals surface area contributed by atoms with Crippen molar-refractivity contribution in [2.24, 2.45) is 0 Å². The zero-order valence-electron chi connectivity index (χ0n) is 12.0. The Hall–Kier alpha value is -2.07. The van der Waals surface area contributed by atoms with Gasteiger partial charge in [-0.1, -0.05) is 17.7 Å². The Kier molecular flexibility index (Phi) is 3.55. The van der Waals surface area contributed by atoms with Gasteiger partial charge in [-0.3, -0.25) is 4.79 Å². The molecule has 108 valence electrons. The molecular weight excluding hydrogens is 286 g/mol. The number of pyridine rings is 1. The van der Waals surface area contributed by atoms with Gasteiger partial charge in [0.15, 0.2) is 0 Å². The van der Waals surface area contributed by atoms with Gasteiger partial charge in [-0.05, 0) is 36.2 Å². The lowest BCUT2D eigenvalue weighted by molar-refractivity contribution is 0.0989. The maximum Gasteiger partial charge on any atom is 0.258 e. The summed E-state index contributed by atoms with van der Waals surface area (Å²) >= 11 is 6.20. The monoisotopic (exact) mass is 301 g/mol. The molecule has 0 bridgehead atoms. The van der Waals surface area contributed by atoms with Crippen LogP contribution in [-0.4, -0.2) is 31.5 Å². The fraction of sp³-hybridized carbons (Fsp3) is 0.250. The maximum atomic E-state index is 12.7. The van der Waals surface area contributed by atoms with Gasteiger partial charge < -0.3 is 9.80 Å². The largest absolute Gasteiger partial charge is 0.363 e. The van der Waals surface area contributed by atoms with Crippen LogP contribution in [0.15, 0.2) is 36.5 Å². The molecule has 1 aliphatic heterocycles. The first kappa shape index (κ1) is 13.9. The first-order valence-electron chi connectivity index (χ1n) is 6.80. The molecule has 0 spiro atoms. The van der Waals surface area contributed by atoms with E-state index in [1.54, 1.807) is 17.2 Å². The number of benzene rings is 1. The van der Waals surface area contributed by atoms with E-state index in [1.807, 2.05) is 43.3 Å². The number of rotatable bonds is 2. The Morgan fingerprint density at radius 2 is 2.14 bits per heavy atom. The second kappa shape index (κ2) is 5.37. The van der Waals surface area contributed by atoms with E-state index in [0.29, 0.717) is 12.1 Å². The molecule has 0 saturated carbocycles. The summed E-state index contributed by atoms with van der Waals surface area (Å²) in [5.41, 5.74) is 2.60. The van der Waals surface area contributed by atoms with Crippen LogP contribution in [0.5, 0.6) is 0 Å². The van der Waals surface area contributed by atoms with Crippen molar-refractivity contribution in [1.82, 2.24) is 4.98 Å². The average Bonchev–Trinajstić information content (AvgIpc) is 2.92. The molecule has 5 heteroatoms. The third kappa shape index (κ3) is 2.47. The van der Waals surface area contributed by atoms with Crippen molar-refractivity contribution in [3.63, 3.8) is 0 Å². The molecule has 4 nitrogen and oxygen atoms in total. The standard InChI is InChI=1S/C16H16ClN3O/c1-19(2)15-10-11(6-8-18-15)16(21)20-9-7-12-13(17)4-3-5-14(12)20/h3-6,8,10H,7,9H2,1-2H3. The van der Waals surface area contributed by atoms with Crippen molar-refractivity contribution < 1.29 is 4.79 Å². The fourth-order valence-corrected chi connectivity index (χ4v) is 2.82. The van der Waals surface area contributed by atoms with E-state index in [9.17, 15) is 4.79 Å². The average molecular weight is 302 g/mol. The SMILES string of the molecule is CN(C)c1cc(C(=O)N2CCc3c(Cl)cccc32)ccn1. The summed E-state index contributed by atoms with van der Waals surface area (Å²) in [7, 11) is 3.81. The lowest BCUT2D eigenvalue weighted by Gasteiger charge is -2.18. The zero-order chi connectivity index (χ0) is 15.0. The number of carbonyl (C=O) groups is 1. The van der Waals surface area contributed by atoms with Crippen molar-refractivity contribution in [3.8, 4) is 0 Å². The number of hydrogen-bond acceptors (Lipinski definition) is 3. The molecule has 1 aromatic heterocycles. The number of halogens is 1. The highest BCUT2D eigenvalue weighted by atomic mass is 35.5.